The maximum atomic E-state index is 6.10. The fraction of sp³-hybridized carbons (Fsp3) is 0.250. The molecule has 1 fully saturated rings. The lowest BCUT2D eigenvalue weighted by molar-refractivity contribution is 0.255. The Labute approximate surface area is 170 Å². The highest BCUT2D eigenvalue weighted by Crippen LogP contribution is 2.37. The molecule has 1 aliphatic rings. The normalized spacial score (nSPS) is 14.9. The molecule has 0 aliphatic carbocycles. The van der Waals surface area contributed by atoms with E-state index in [9.17, 15) is 0 Å². The molecule has 1 heterocycles. The number of ether oxygens (including phenoxy) is 5. The Morgan fingerprint density at radius 2 is 1.24 bits per heavy atom. The van der Waals surface area contributed by atoms with Gasteiger partial charge in [0.15, 0.2) is 11.5 Å². The molecule has 0 N–H and O–H groups in total. The average Bonchev–Trinajstić information content (AvgIpc) is 3.63. The Hall–Kier alpha value is -3.18. The summed E-state index contributed by atoms with van der Waals surface area (Å²) in [7, 11) is 3.31. The number of hydrogen-bond donors (Lipinski definition) is 0. The summed E-state index contributed by atoms with van der Waals surface area (Å²) in [5.41, 5.74) is 3.22. The topological polar surface area (TPSA) is 49.5 Å². The van der Waals surface area contributed by atoms with Gasteiger partial charge < -0.3 is 23.7 Å². The average molecular weight is 392 g/mol. The van der Waals surface area contributed by atoms with E-state index in [1.54, 1.807) is 14.2 Å². The van der Waals surface area contributed by atoms with Crippen molar-refractivity contribution in [2.75, 3.05) is 20.8 Å². The SMILES string of the molecule is COc1ccc(COc2ccc(C3CO3)cc2OCc2ccc(OC)cc2)cc1. The molecule has 3 aromatic carbocycles. The van der Waals surface area contributed by atoms with Crippen molar-refractivity contribution in [3.8, 4) is 23.0 Å². The molecule has 3 aromatic rings. The van der Waals surface area contributed by atoms with Gasteiger partial charge in [0.05, 0.1) is 20.8 Å². The second-order valence-corrected chi connectivity index (χ2v) is 6.80. The van der Waals surface area contributed by atoms with Crippen LogP contribution in [0.5, 0.6) is 23.0 Å². The van der Waals surface area contributed by atoms with Gasteiger partial charge in [-0.2, -0.15) is 0 Å². The van der Waals surface area contributed by atoms with Crippen LogP contribution in [0.3, 0.4) is 0 Å². The Balaban J connectivity index is 1.46. The first kappa shape index (κ1) is 19.2. The van der Waals surface area contributed by atoms with Crippen LogP contribution in [0, 0.1) is 0 Å². The van der Waals surface area contributed by atoms with Gasteiger partial charge in [-0.25, -0.2) is 0 Å². The highest BCUT2D eigenvalue weighted by molar-refractivity contribution is 5.44. The predicted molar refractivity (Wildman–Crippen MR) is 110 cm³/mol. The summed E-state index contributed by atoms with van der Waals surface area (Å²) in [5, 5.41) is 0. The van der Waals surface area contributed by atoms with Crippen molar-refractivity contribution in [3.63, 3.8) is 0 Å². The lowest BCUT2D eigenvalue weighted by Crippen LogP contribution is -2.01. The van der Waals surface area contributed by atoms with Crippen molar-refractivity contribution in [1.29, 1.82) is 0 Å². The smallest absolute Gasteiger partial charge is 0.162 e. The Morgan fingerprint density at radius 1 is 0.724 bits per heavy atom. The third-order valence-electron chi connectivity index (χ3n) is 4.78. The number of hydrogen-bond acceptors (Lipinski definition) is 5. The van der Waals surface area contributed by atoms with Crippen molar-refractivity contribution < 1.29 is 23.7 Å². The summed E-state index contributed by atoms with van der Waals surface area (Å²) < 4.78 is 28.0. The van der Waals surface area contributed by atoms with Gasteiger partial charge in [-0.1, -0.05) is 30.3 Å². The second kappa shape index (κ2) is 8.88. The summed E-state index contributed by atoms with van der Waals surface area (Å²) in [6.45, 7) is 1.64. The van der Waals surface area contributed by atoms with Gasteiger partial charge in [-0.3, -0.25) is 0 Å². The van der Waals surface area contributed by atoms with Crippen molar-refractivity contribution in [2.45, 2.75) is 19.3 Å². The summed E-state index contributed by atoms with van der Waals surface area (Å²) in [6.07, 6.45) is 0.161. The Morgan fingerprint density at radius 3 is 1.72 bits per heavy atom. The molecule has 0 bridgehead atoms. The highest BCUT2D eigenvalue weighted by atomic mass is 16.6. The molecule has 4 rings (SSSR count). The molecule has 5 nitrogen and oxygen atoms in total. The van der Waals surface area contributed by atoms with Crippen molar-refractivity contribution in [2.24, 2.45) is 0 Å². The molecule has 0 amide bonds. The molecule has 0 aromatic heterocycles. The van der Waals surface area contributed by atoms with Crippen LogP contribution in [0.1, 0.15) is 22.8 Å². The summed E-state index contributed by atoms with van der Waals surface area (Å²) in [4.78, 5) is 0. The molecule has 150 valence electrons. The third kappa shape index (κ3) is 5.00. The van der Waals surface area contributed by atoms with Crippen molar-refractivity contribution in [1.82, 2.24) is 0 Å². The molecule has 1 saturated heterocycles. The fourth-order valence-electron chi connectivity index (χ4n) is 2.96. The predicted octanol–water partition coefficient (Wildman–Crippen LogP) is 4.93. The van der Waals surface area contributed by atoms with Crippen LogP contribution in [-0.4, -0.2) is 20.8 Å². The zero-order chi connectivity index (χ0) is 20.1. The largest absolute Gasteiger partial charge is 0.497 e. The molecule has 5 heteroatoms. The molecule has 0 spiro atoms. The summed E-state index contributed by atoms with van der Waals surface area (Å²) in [6, 6.07) is 21.6. The van der Waals surface area contributed by atoms with Crippen LogP contribution in [-0.2, 0) is 18.0 Å². The van der Waals surface area contributed by atoms with Crippen molar-refractivity contribution >= 4 is 0 Å². The van der Waals surface area contributed by atoms with Crippen LogP contribution in [0.4, 0.5) is 0 Å². The van der Waals surface area contributed by atoms with Gasteiger partial charge in [0.2, 0.25) is 0 Å². The minimum atomic E-state index is 0.161. The summed E-state index contributed by atoms with van der Waals surface area (Å²) >= 11 is 0. The minimum absolute atomic E-state index is 0.161. The zero-order valence-electron chi connectivity index (χ0n) is 16.6. The van der Waals surface area contributed by atoms with E-state index in [1.165, 1.54) is 0 Å². The van der Waals surface area contributed by atoms with E-state index in [4.69, 9.17) is 23.7 Å². The van der Waals surface area contributed by atoms with Crippen LogP contribution >= 0.6 is 0 Å². The van der Waals surface area contributed by atoms with E-state index in [0.717, 1.165) is 34.8 Å². The van der Waals surface area contributed by atoms with E-state index < -0.39 is 0 Å². The number of rotatable bonds is 9. The van der Waals surface area contributed by atoms with Gasteiger partial charge >= 0.3 is 0 Å². The minimum Gasteiger partial charge on any atom is -0.497 e. The van der Waals surface area contributed by atoms with Crippen LogP contribution in [0.25, 0.3) is 0 Å². The molecule has 1 aliphatic heterocycles. The quantitative estimate of drug-likeness (QED) is 0.483. The molecular weight excluding hydrogens is 368 g/mol. The maximum Gasteiger partial charge on any atom is 0.162 e. The van der Waals surface area contributed by atoms with Gasteiger partial charge in [0, 0.05) is 0 Å². The molecule has 29 heavy (non-hydrogen) atoms. The Kier molecular flexibility index (Phi) is 5.86. The first-order chi connectivity index (χ1) is 14.2. The van der Waals surface area contributed by atoms with Gasteiger partial charge in [0.25, 0.3) is 0 Å². The van der Waals surface area contributed by atoms with E-state index >= 15 is 0 Å². The van der Waals surface area contributed by atoms with Gasteiger partial charge in [0.1, 0.15) is 30.8 Å². The number of benzene rings is 3. The first-order valence-corrected chi connectivity index (χ1v) is 9.52. The van der Waals surface area contributed by atoms with E-state index in [-0.39, 0.29) is 6.10 Å². The van der Waals surface area contributed by atoms with E-state index in [0.29, 0.717) is 24.7 Å². The monoisotopic (exact) mass is 392 g/mol. The second-order valence-electron chi connectivity index (χ2n) is 6.80. The van der Waals surface area contributed by atoms with Gasteiger partial charge in [-0.05, 0) is 53.1 Å². The third-order valence-corrected chi connectivity index (χ3v) is 4.78. The standard InChI is InChI=1S/C24H24O5/c1-25-20-8-3-17(4-9-20)14-27-22-12-7-19(24-16-29-24)13-23(22)28-15-18-5-10-21(26-2)11-6-18/h3-13,24H,14-16H2,1-2H3. The summed E-state index contributed by atoms with van der Waals surface area (Å²) in [5.74, 6) is 3.07. The maximum absolute atomic E-state index is 6.10. The van der Waals surface area contributed by atoms with Crippen LogP contribution in [0.2, 0.25) is 0 Å². The fourth-order valence-corrected chi connectivity index (χ4v) is 2.96. The highest BCUT2D eigenvalue weighted by Gasteiger charge is 2.26. The Bertz CT molecular complexity index is 930. The number of methoxy groups -OCH3 is 2. The lowest BCUT2D eigenvalue weighted by atomic mass is 10.1. The van der Waals surface area contributed by atoms with E-state index in [2.05, 4.69) is 0 Å². The molecular formula is C24H24O5. The molecule has 1 unspecified atom stereocenters. The molecule has 1 atom stereocenters. The first-order valence-electron chi connectivity index (χ1n) is 9.52. The number of epoxide rings is 1. The molecule has 0 saturated carbocycles. The zero-order valence-corrected chi connectivity index (χ0v) is 16.6. The van der Waals surface area contributed by atoms with Crippen molar-refractivity contribution in [3.05, 3.63) is 83.4 Å². The van der Waals surface area contributed by atoms with Crippen LogP contribution in [0.15, 0.2) is 66.7 Å². The van der Waals surface area contributed by atoms with E-state index in [1.807, 2.05) is 66.7 Å². The lowest BCUT2D eigenvalue weighted by Gasteiger charge is -2.14. The van der Waals surface area contributed by atoms with Crippen LogP contribution < -0.4 is 18.9 Å². The van der Waals surface area contributed by atoms with Gasteiger partial charge in [-0.15, -0.1) is 0 Å². The molecule has 0 radical (unpaired) electrons.